The molecule has 0 fully saturated rings. The summed E-state index contributed by atoms with van der Waals surface area (Å²) in [4.78, 5) is 4.59. The molecule has 2 aromatic carbocycles. The number of hydrogen-bond acceptors (Lipinski definition) is 4. The highest BCUT2D eigenvalue weighted by molar-refractivity contribution is 5.62. The van der Waals surface area contributed by atoms with Gasteiger partial charge in [-0.3, -0.25) is 4.68 Å². The van der Waals surface area contributed by atoms with Crippen LogP contribution < -0.4 is 5.73 Å². The molecule has 0 unspecified atom stereocenters. The van der Waals surface area contributed by atoms with E-state index < -0.39 is 0 Å². The number of oxazole rings is 1. The Morgan fingerprint density at radius 1 is 1.00 bits per heavy atom. The van der Waals surface area contributed by atoms with Gasteiger partial charge in [-0.1, -0.05) is 48.0 Å². The second kappa shape index (κ2) is 6.28. The largest absolute Gasteiger partial charge is 0.444 e. The lowest BCUT2D eigenvalue weighted by molar-refractivity contribution is 0.570. The summed E-state index contributed by atoms with van der Waals surface area (Å²) in [5.41, 5.74) is 10.9. The Morgan fingerprint density at radius 2 is 1.80 bits per heavy atom. The number of nitrogens with zero attached hydrogens (tertiary/aromatic N) is 3. The van der Waals surface area contributed by atoms with Crippen molar-refractivity contribution in [3.05, 3.63) is 78.2 Å². The van der Waals surface area contributed by atoms with E-state index in [-0.39, 0.29) is 0 Å². The van der Waals surface area contributed by atoms with Crippen LogP contribution >= 0.6 is 0 Å². The minimum Gasteiger partial charge on any atom is -0.444 e. The molecule has 0 spiro atoms. The number of nitrogens with two attached hydrogens (primary N) is 1. The van der Waals surface area contributed by atoms with Gasteiger partial charge in [0.15, 0.2) is 0 Å². The molecule has 0 amide bonds. The van der Waals surface area contributed by atoms with Crippen LogP contribution in [0.1, 0.15) is 11.3 Å². The fourth-order valence-corrected chi connectivity index (χ4v) is 2.84. The molecule has 2 aromatic heterocycles. The summed E-state index contributed by atoms with van der Waals surface area (Å²) in [6.07, 6.45) is 1.67. The number of aromatic nitrogens is 3. The maximum atomic E-state index is 5.91. The summed E-state index contributed by atoms with van der Waals surface area (Å²) in [5, 5.41) is 4.39. The molecule has 0 aliphatic rings. The Balaban J connectivity index is 1.64. The predicted molar refractivity (Wildman–Crippen MR) is 97.9 cm³/mol. The van der Waals surface area contributed by atoms with E-state index in [1.807, 2.05) is 66.2 Å². The smallest absolute Gasteiger partial charge is 0.226 e. The van der Waals surface area contributed by atoms with Crippen molar-refractivity contribution in [2.75, 3.05) is 5.73 Å². The molecule has 4 aromatic rings. The number of anilines is 1. The van der Waals surface area contributed by atoms with Gasteiger partial charge in [-0.15, -0.1) is 0 Å². The molecular formula is C20H18N4O. The third-order valence-corrected chi connectivity index (χ3v) is 4.00. The number of aryl methyl sites for hydroxylation is 1. The molecule has 0 saturated carbocycles. The van der Waals surface area contributed by atoms with Gasteiger partial charge in [0.1, 0.15) is 17.8 Å². The van der Waals surface area contributed by atoms with Gasteiger partial charge < -0.3 is 10.2 Å². The second-order valence-corrected chi connectivity index (χ2v) is 5.99. The third kappa shape index (κ3) is 3.17. The van der Waals surface area contributed by atoms with Crippen LogP contribution in [-0.2, 0) is 6.54 Å². The van der Waals surface area contributed by atoms with Gasteiger partial charge in [0.25, 0.3) is 0 Å². The molecule has 0 bridgehead atoms. The van der Waals surface area contributed by atoms with Gasteiger partial charge in [0.05, 0.1) is 12.2 Å². The molecule has 0 radical (unpaired) electrons. The van der Waals surface area contributed by atoms with Crippen molar-refractivity contribution in [2.45, 2.75) is 13.5 Å². The summed E-state index contributed by atoms with van der Waals surface area (Å²) in [6, 6.07) is 20.0. The molecule has 0 aliphatic heterocycles. The zero-order chi connectivity index (χ0) is 17.2. The Kier molecular flexibility index (Phi) is 3.82. The van der Waals surface area contributed by atoms with Gasteiger partial charge in [0, 0.05) is 11.6 Å². The minimum atomic E-state index is 0.487. The summed E-state index contributed by atoms with van der Waals surface area (Å²) < 4.78 is 7.50. The predicted octanol–water partition coefficient (Wildman–Crippen LogP) is 4.14. The molecule has 0 saturated heterocycles. The van der Waals surface area contributed by atoms with Crippen LogP contribution in [0.25, 0.3) is 22.7 Å². The van der Waals surface area contributed by atoms with Crippen molar-refractivity contribution in [2.24, 2.45) is 0 Å². The zero-order valence-corrected chi connectivity index (χ0v) is 13.9. The molecular weight excluding hydrogens is 312 g/mol. The molecule has 0 atom stereocenters. The SMILES string of the molecule is Cc1cccc(-c2nc(Cn3nc(N)cc3-c3ccccc3)co2)c1. The Bertz CT molecular complexity index is 1000. The Labute approximate surface area is 145 Å². The van der Waals surface area contributed by atoms with Gasteiger partial charge in [0.2, 0.25) is 5.89 Å². The highest BCUT2D eigenvalue weighted by atomic mass is 16.3. The first-order valence-electron chi connectivity index (χ1n) is 8.09. The average molecular weight is 330 g/mol. The zero-order valence-electron chi connectivity index (χ0n) is 13.9. The lowest BCUT2D eigenvalue weighted by atomic mass is 10.1. The topological polar surface area (TPSA) is 69.9 Å². The van der Waals surface area contributed by atoms with Crippen LogP contribution in [-0.4, -0.2) is 14.8 Å². The van der Waals surface area contributed by atoms with E-state index in [4.69, 9.17) is 10.2 Å². The van der Waals surface area contributed by atoms with Gasteiger partial charge in [-0.05, 0) is 24.6 Å². The van der Waals surface area contributed by atoms with Crippen molar-refractivity contribution in [1.29, 1.82) is 0 Å². The minimum absolute atomic E-state index is 0.487. The Hall–Kier alpha value is -3.34. The van der Waals surface area contributed by atoms with Gasteiger partial charge in [-0.25, -0.2) is 4.98 Å². The highest BCUT2D eigenvalue weighted by Gasteiger charge is 2.12. The summed E-state index contributed by atoms with van der Waals surface area (Å²) in [5.74, 6) is 1.10. The molecule has 4 rings (SSSR count). The summed E-state index contributed by atoms with van der Waals surface area (Å²) >= 11 is 0. The normalized spacial score (nSPS) is 10.9. The molecule has 5 heteroatoms. The Morgan fingerprint density at radius 3 is 2.60 bits per heavy atom. The first kappa shape index (κ1) is 15.2. The van der Waals surface area contributed by atoms with Crippen molar-refractivity contribution >= 4 is 5.82 Å². The third-order valence-electron chi connectivity index (χ3n) is 4.00. The van der Waals surface area contributed by atoms with Crippen LogP contribution in [0.3, 0.4) is 0 Å². The van der Waals surface area contributed by atoms with E-state index >= 15 is 0 Å². The van der Waals surface area contributed by atoms with E-state index in [1.165, 1.54) is 5.56 Å². The van der Waals surface area contributed by atoms with E-state index in [1.54, 1.807) is 6.26 Å². The monoisotopic (exact) mass is 330 g/mol. The van der Waals surface area contributed by atoms with Crippen molar-refractivity contribution < 1.29 is 4.42 Å². The lowest BCUT2D eigenvalue weighted by Gasteiger charge is -2.05. The fraction of sp³-hybridized carbons (Fsp3) is 0.100. The number of benzene rings is 2. The molecule has 2 heterocycles. The molecule has 2 N–H and O–H groups in total. The van der Waals surface area contributed by atoms with E-state index in [9.17, 15) is 0 Å². The van der Waals surface area contributed by atoms with Crippen molar-refractivity contribution in [3.8, 4) is 22.7 Å². The van der Waals surface area contributed by atoms with Gasteiger partial charge in [-0.2, -0.15) is 5.10 Å². The maximum absolute atomic E-state index is 5.91. The number of hydrogen-bond donors (Lipinski definition) is 1. The van der Waals surface area contributed by atoms with E-state index in [2.05, 4.69) is 16.1 Å². The van der Waals surface area contributed by atoms with Crippen LogP contribution in [0.5, 0.6) is 0 Å². The van der Waals surface area contributed by atoms with Crippen LogP contribution in [0.4, 0.5) is 5.82 Å². The second-order valence-electron chi connectivity index (χ2n) is 5.99. The van der Waals surface area contributed by atoms with Crippen LogP contribution in [0.15, 0.2) is 71.3 Å². The van der Waals surface area contributed by atoms with Crippen molar-refractivity contribution in [1.82, 2.24) is 14.8 Å². The quantitative estimate of drug-likeness (QED) is 0.610. The van der Waals surface area contributed by atoms with E-state index in [0.29, 0.717) is 18.3 Å². The first-order chi connectivity index (χ1) is 12.2. The maximum Gasteiger partial charge on any atom is 0.226 e. The molecule has 5 nitrogen and oxygen atoms in total. The molecule has 124 valence electrons. The van der Waals surface area contributed by atoms with E-state index in [0.717, 1.165) is 22.5 Å². The first-order valence-corrected chi connectivity index (χ1v) is 8.09. The van der Waals surface area contributed by atoms with Crippen LogP contribution in [0.2, 0.25) is 0 Å². The summed E-state index contributed by atoms with van der Waals surface area (Å²) in [7, 11) is 0. The molecule has 25 heavy (non-hydrogen) atoms. The number of rotatable bonds is 4. The fourth-order valence-electron chi connectivity index (χ4n) is 2.84. The highest BCUT2D eigenvalue weighted by Crippen LogP contribution is 2.24. The van der Waals surface area contributed by atoms with Crippen molar-refractivity contribution in [3.63, 3.8) is 0 Å². The van der Waals surface area contributed by atoms with Gasteiger partial charge >= 0.3 is 0 Å². The standard InChI is InChI=1S/C20H18N4O/c1-14-6-5-9-16(10-14)20-22-17(13-25-20)12-24-18(11-19(21)23-24)15-7-3-2-4-8-15/h2-11,13H,12H2,1H3,(H2,21,23). The summed E-state index contributed by atoms with van der Waals surface area (Å²) in [6.45, 7) is 2.54. The number of nitrogen functional groups attached to an aromatic ring is 1. The average Bonchev–Trinajstić information content (AvgIpc) is 3.23. The molecule has 0 aliphatic carbocycles. The van der Waals surface area contributed by atoms with Crippen LogP contribution in [0, 0.1) is 6.92 Å². The lowest BCUT2D eigenvalue weighted by Crippen LogP contribution is -2.04.